The summed E-state index contributed by atoms with van der Waals surface area (Å²) in [6.07, 6.45) is 2.17. The summed E-state index contributed by atoms with van der Waals surface area (Å²) in [4.78, 5) is 2.32. The van der Waals surface area contributed by atoms with Crippen LogP contribution in [0.4, 0.5) is 4.39 Å². The molecule has 2 aromatic rings. The number of hydrogen-bond donors (Lipinski definition) is 1. The lowest BCUT2D eigenvalue weighted by molar-refractivity contribution is 0.282. The fourth-order valence-electron chi connectivity index (χ4n) is 3.36. The van der Waals surface area contributed by atoms with Crippen LogP contribution in [0.5, 0.6) is 5.75 Å². The third-order valence-electron chi connectivity index (χ3n) is 4.75. The Morgan fingerprint density at radius 2 is 1.92 bits per heavy atom. The van der Waals surface area contributed by atoms with Gasteiger partial charge < -0.3 is 9.84 Å². The molecule has 2 aromatic carbocycles. The normalized spacial score (nSPS) is 18.0. The van der Waals surface area contributed by atoms with E-state index >= 15 is 0 Å². The highest BCUT2D eigenvalue weighted by Crippen LogP contribution is 2.24. The second-order valence-electron chi connectivity index (χ2n) is 6.53. The van der Waals surface area contributed by atoms with E-state index in [1.165, 1.54) is 11.6 Å². The number of ether oxygens (including phenoxy) is 1. The highest BCUT2D eigenvalue weighted by atomic mass is 19.1. The van der Waals surface area contributed by atoms with Gasteiger partial charge in [-0.25, -0.2) is 4.39 Å². The van der Waals surface area contributed by atoms with E-state index in [4.69, 9.17) is 9.84 Å². The van der Waals surface area contributed by atoms with Crippen molar-refractivity contribution in [1.82, 2.24) is 4.90 Å². The number of nitrogens with zero attached hydrogens (tertiary/aromatic N) is 1. The molecule has 0 aliphatic carbocycles. The maximum atomic E-state index is 14.1. The summed E-state index contributed by atoms with van der Waals surface area (Å²) in [5.74, 6) is 0.963. The minimum absolute atomic E-state index is 0.0882. The van der Waals surface area contributed by atoms with Crippen LogP contribution in [0.15, 0.2) is 42.5 Å². The first kappa shape index (κ1) is 16.9. The summed E-state index contributed by atoms with van der Waals surface area (Å²) in [5.41, 5.74) is 2.97. The number of aliphatic hydroxyl groups excluding tert-OH is 1. The van der Waals surface area contributed by atoms with Gasteiger partial charge in [0.05, 0.1) is 13.7 Å². The quantitative estimate of drug-likeness (QED) is 0.882. The van der Waals surface area contributed by atoms with Crippen LogP contribution in [0.2, 0.25) is 0 Å². The number of methoxy groups -OCH3 is 1. The molecule has 4 heteroatoms. The Morgan fingerprint density at radius 3 is 2.58 bits per heavy atom. The fourth-order valence-corrected chi connectivity index (χ4v) is 3.36. The molecule has 1 N–H and O–H groups in total. The summed E-state index contributed by atoms with van der Waals surface area (Å²) < 4.78 is 19.1. The zero-order valence-electron chi connectivity index (χ0n) is 14.0. The van der Waals surface area contributed by atoms with Crippen LogP contribution >= 0.6 is 0 Å². The van der Waals surface area contributed by atoms with Gasteiger partial charge in [0.25, 0.3) is 0 Å². The average Bonchev–Trinajstić information content (AvgIpc) is 3.04. The number of hydrogen-bond acceptors (Lipinski definition) is 3. The van der Waals surface area contributed by atoms with Crippen molar-refractivity contribution in [2.45, 2.75) is 26.0 Å². The molecule has 1 fully saturated rings. The molecule has 3 nitrogen and oxygen atoms in total. The van der Waals surface area contributed by atoms with Crippen LogP contribution in [0.25, 0.3) is 0 Å². The first-order chi connectivity index (χ1) is 11.7. The standard InChI is InChI=1S/C20H24FNO2/c1-24-19-7-6-18(20(21)11-19)13-22-9-8-17(12-22)10-15-2-4-16(14-23)5-3-15/h2-7,11,17,23H,8-10,12-14H2,1H3/t17-/m1/s1. The molecule has 0 bridgehead atoms. The Kier molecular flexibility index (Phi) is 5.48. The summed E-state index contributed by atoms with van der Waals surface area (Å²) in [6.45, 7) is 2.73. The van der Waals surface area contributed by atoms with E-state index in [0.717, 1.165) is 37.1 Å². The van der Waals surface area contributed by atoms with Crippen molar-refractivity contribution in [2.24, 2.45) is 5.92 Å². The molecular weight excluding hydrogens is 305 g/mol. The average molecular weight is 329 g/mol. The lowest BCUT2D eigenvalue weighted by Gasteiger charge is -2.17. The maximum Gasteiger partial charge on any atom is 0.131 e. The Hall–Kier alpha value is -1.91. The molecule has 128 valence electrons. The lowest BCUT2D eigenvalue weighted by Crippen LogP contribution is -2.21. The van der Waals surface area contributed by atoms with E-state index in [-0.39, 0.29) is 12.4 Å². The topological polar surface area (TPSA) is 32.7 Å². The van der Waals surface area contributed by atoms with Crippen molar-refractivity contribution in [2.75, 3.05) is 20.2 Å². The van der Waals surface area contributed by atoms with E-state index in [0.29, 0.717) is 18.2 Å². The highest BCUT2D eigenvalue weighted by molar-refractivity contribution is 5.29. The monoisotopic (exact) mass is 329 g/mol. The molecular formula is C20H24FNO2. The van der Waals surface area contributed by atoms with Crippen LogP contribution in [0.3, 0.4) is 0 Å². The summed E-state index contributed by atoms with van der Waals surface area (Å²) >= 11 is 0. The summed E-state index contributed by atoms with van der Waals surface area (Å²) in [5, 5.41) is 9.10. The van der Waals surface area contributed by atoms with E-state index in [1.54, 1.807) is 7.11 Å². The molecule has 1 saturated heterocycles. The number of benzene rings is 2. The van der Waals surface area contributed by atoms with Gasteiger partial charge in [0.2, 0.25) is 0 Å². The van der Waals surface area contributed by atoms with Gasteiger partial charge >= 0.3 is 0 Å². The van der Waals surface area contributed by atoms with Gasteiger partial charge in [-0.15, -0.1) is 0 Å². The smallest absolute Gasteiger partial charge is 0.131 e. The maximum absolute atomic E-state index is 14.1. The molecule has 0 aromatic heterocycles. The molecule has 1 aliphatic rings. The minimum Gasteiger partial charge on any atom is -0.497 e. The van der Waals surface area contributed by atoms with Crippen LogP contribution < -0.4 is 4.74 Å². The van der Waals surface area contributed by atoms with Gasteiger partial charge in [0, 0.05) is 24.7 Å². The van der Waals surface area contributed by atoms with E-state index in [1.807, 2.05) is 24.3 Å². The predicted octanol–water partition coefficient (Wildman–Crippen LogP) is 3.39. The van der Waals surface area contributed by atoms with Gasteiger partial charge in [-0.3, -0.25) is 4.90 Å². The molecule has 24 heavy (non-hydrogen) atoms. The second-order valence-corrected chi connectivity index (χ2v) is 6.53. The molecule has 3 rings (SSSR count). The van der Waals surface area contributed by atoms with Crippen molar-refractivity contribution in [1.29, 1.82) is 0 Å². The summed E-state index contributed by atoms with van der Waals surface area (Å²) in [7, 11) is 1.55. The predicted molar refractivity (Wildman–Crippen MR) is 92.4 cm³/mol. The van der Waals surface area contributed by atoms with Crippen molar-refractivity contribution in [3.05, 3.63) is 65.0 Å². The first-order valence-electron chi connectivity index (χ1n) is 8.41. The second kappa shape index (κ2) is 7.77. The van der Waals surface area contributed by atoms with E-state index in [9.17, 15) is 4.39 Å². The molecule has 0 saturated carbocycles. The van der Waals surface area contributed by atoms with E-state index < -0.39 is 0 Å². The van der Waals surface area contributed by atoms with E-state index in [2.05, 4.69) is 17.0 Å². The molecule has 1 aliphatic heterocycles. The van der Waals surface area contributed by atoms with Crippen molar-refractivity contribution in [3.8, 4) is 5.75 Å². The summed E-state index contributed by atoms with van der Waals surface area (Å²) in [6, 6.07) is 13.2. The number of aliphatic hydroxyl groups is 1. The Balaban J connectivity index is 1.55. The molecule has 1 heterocycles. The zero-order valence-corrected chi connectivity index (χ0v) is 14.0. The zero-order chi connectivity index (χ0) is 16.9. The van der Waals surface area contributed by atoms with Crippen molar-refractivity contribution >= 4 is 0 Å². The van der Waals surface area contributed by atoms with Crippen LogP contribution in [-0.4, -0.2) is 30.2 Å². The van der Waals surface area contributed by atoms with Gasteiger partial charge in [-0.05, 0) is 42.5 Å². The van der Waals surface area contributed by atoms with Gasteiger partial charge in [0.15, 0.2) is 0 Å². The van der Waals surface area contributed by atoms with Gasteiger partial charge in [0.1, 0.15) is 11.6 Å². The molecule has 0 amide bonds. The molecule has 0 unspecified atom stereocenters. The lowest BCUT2D eigenvalue weighted by atomic mass is 9.98. The number of halogens is 1. The van der Waals surface area contributed by atoms with Crippen molar-refractivity contribution in [3.63, 3.8) is 0 Å². The Morgan fingerprint density at radius 1 is 1.17 bits per heavy atom. The number of rotatable bonds is 6. The minimum atomic E-state index is -0.197. The fraction of sp³-hybridized carbons (Fsp3) is 0.400. The van der Waals surface area contributed by atoms with Crippen LogP contribution in [-0.2, 0) is 19.6 Å². The number of likely N-dealkylation sites (tertiary alicyclic amines) is 1. The third kappa shape index (κ3) is 4.13. The molecule has 0 radical (unpaired) electrons. The van der Waals surface area contributed by atoms with Crippen LogP contribution in [0.1, 0.15) is 23.1 Å². The SMILES string of the molecule is COc1ccc(CN2CC[C@H](Cc3ccc(CO)cc3)C2)c(F)c1. The van der Waals surface area contributed by atoms with Gasteiger partial charge in [-0.2, -0.15) is 0 Å². The first-order valence-corrected chi connectivity index (χ1v) is 8.41. The van der Waals surface area contributed by atoms with Crippen molar-refractivity contribution < 1.29 is 14.2 Å². The van der Waals surface area contributed by atoms with Crippen LogP contribution in [0, 0.1) is 11.7 Å². The largest absolute Gasteiger partial charge is 0.497 e. The molecule has 0 spiro atoms. The Bertz CT molecular complexity index is 672. The highest BCUT2D eigenvalue weighted by Gasteiger charge is 2.23. The molecule has 1 atom stereocenters. The Labute approximate surface area is 142 Å². The third-order valence-corrected chi connectivity index (χ3v) is 4.75. The van der Waals surface area contributed by atoms with Gasteiger partial charge in [-0.1, -0.05) is 30.3 Å².